The van der Waals surface area contributed by atoms with Crippen LogP contribution < -0.4 is 10.2 Å². The molecule has 0 radical (unpaired) electrons. The first-order chi connectivity index (χ1) is 12.7. The van der Waals surface area contributed by atoms with E-state index in [4.69, 9.17) is 12.2 Å². The highest BCUT2D eigenvalue weighted by molar-refractivity contribution is 7.80. The molecule has 6 heteroatoms. The van der Waals surface area contributed by atoms with Gasteiger partial charge < -0.3 is 4.57 Å². The molecule has 2 aromatic rings. The van der Waals surface area contributed by atoms with Gasteiger partial charge in [0.15, 0.2) is 5.11 Å². The normalized spacial score (nSPS) is 16.4. The van der Waals surface area contributed by atoms with Crippen LogP contribution in [0.4, 0.5) is 5.69 Å². The molecule has 5 nitrogen and oxygen atoms in total. The Hall–Kier alpha value is -2.73. The molecule has 0 unspecified atom stereocenters. The van der Waals surface area contributed by atoms with Crippen molar-refractivity contribution in [3.63, 3.8) is 0 Å². The molecule has 1 fully saturated rings. The largest absolute Gasteiger partial charge is 0.349 e. The van der Waals surface area contributed by atoms with Crippen LogP contribution in [0.25, 0.3) is 6.08 Å². The maximum absolute atomic E-state index is 13.1. The van der Waals surface area contributed by atoms with Crippen LogP contribution in [0, 0.1) is 20.8 Å². The third-order valence-electron chi connectivity index (χ3n) is 4.86. The Morgan fingerprint density at radius 3 is 2.48 bits per heavy atom. The first-order valence-electron chi connectivity index (χ1n) is 8.87. The van der Waals surface area contributed by atoms with Crippen molar-refractivity contribution in [1.82, 2.24) is 9.88 Å². The molecular formula is C21H23N3O2S. The Bertz CT molecular complexity index is 985. The van der Waals surface area contributed by atoms with Gasteiger partial charge in [0.1, 0.15) is 5.57 Å². The first-order valence-corrected chi connectivity index (χ1v) is 9.27. The highest BCUT2D eigenvalue weighted by atomic mass is 32.1. The minimum atomic E-state index is -0.471. The molecule has 0 bridgehead atoms. The van der Waals surface area contributed by atoms with Gasteiger partial charge in [0.25, 0.3) is 11.8 Å². The minimum absolute atomic E-state index is 0.0745. The molecule has 1 N–H and O–H groups in total. The van der Waals surface area contributed by atoms with Gasteiger partial charge in [-0.25, -0.2) is 0 Å². The lowest BCUT2D eigenvalue weighted by molar-refractivity contribution is -0.122. The average Bonchev–Trinajstić information content (AvgIpc) is 2.96. The topological polar surface area (TPSA) is 54.3 Å². The summed E-state index contributed by atoms with van der Waals surface area (Å²) in [5.74, 6) is -0.881. The number of carbonyl (C=O) groups excluding carboxylic acids is 2. The van der Waals surface area contributed by atoms with Crippen LogP contribution in [-0.2, 0) is 9.59 Å². The molecule has 140 valence electrons. The molecule has 27 heavy (non-hydrogen) atoms. The summed E-state index contributed by atoms with van der Waals surface area (Å²) in [6.07, 6.45) is 3.58. The van der Waals surface area contributed by atoms with Crippen molar-refractivity contribution in [1.29, 1.82) is 0 Å². The number of nitrogens with zero attached hydrogens (tertiary/aromatic N) is 2. The Kier molecular flexibility index (Phi) is 5.02. The van der Waals surface area contributed by atoms with Crippen LogP contribution in [0.1, 0.15) is 42.3 Å². The van der Waals surface area contributed by atoms with Crippen molar-refractivity contribution in [2.24, 2.45) is 0 Å². The lowest BCUT2D eigenvalue weighted by atomic mass is 10.0. The zero-order chi connectivity index (χ0) is 19.9. The Balaban J connectivity index is 2.05. The molecule has 1 aliphatic rings. The number of nitrogens with one attached hydrogen (secondary N) is 1. The van der Waals surface area contributed by atoms with Gasteiger partial charge in [0.2, 0.25) is 0 Å². The second-order valence-electron chi connectivity index (χ2n) is 7.09. The van der Waals surface area contributed by atoms with Gasteiger partial charge in [0, 0.05) is 17.9 Å². The van der Waals surface area contributed by atoms with Crippen molar-refractivity contribution in [3.05, 3.63) is 58.4 Å². The second-order valence-corrected chi connectivity index (χ2v) is 7.48. The van der Waals surface area contributed by atoms with E-state index >= 15 is 0 Å². The van der Waals surface area contributed by atoms with Gasteiger partial charge >= 0.3 is 0 Å². The summed E-state index contributed by atoms with van der Waals surface area (Å²) >= 11 is 5.28. The van der Waals surface area contributed by atoms with E-state index in [-0.39, 0.29) is 10.7 Å². The molecular weight excluding hydrogens is 358 g/mol. The van der Waals surface area contributed by atoms with Crippen LogP contribution in [-0.4, -0.2) is 21.5 Å². The van der Waals surface area contributed by atoms with Crippen LogP contribution in [0.2, 0.25) is 0 Å². The van der Waals surface area contributed by atoms with Gasteiger partial charge in [-0.15, -0.1) is 0 Å². The third-order valence-corrected chi connectivity index (χ3v) is 5.14. The Morgan fingerprint density at radius 2 is 1.85 bits per heavy atom. The highest BCUT2D eigenvalue weighted by Gasteiger charge is 2.35. The molecule has 0 saturated carbocycles. The van der Waals surface area contributed by atoms with E-state index in [1.54, 1.807) is 6.08 Å². The molecule has 1 saturated heterocycles. The van der Waals surface area contributed by atoms with E-state index < -0.39 is 11.8 Å². The van der Waals surface area contributed by atoms with Gasteiger partial charge in [-0.05, 0) is 81.7 Å². The monoisotopic (exact) mass is 381 g/mol. The number of hydrogen-bond acceptors (Lipinski definition) is 3. The summed E-state index contributed by atoms with van der Waals surface area (Å²) in [6, 6.07) is 7.94. The second kappa shape index (κ2) is 7.12. The molecule has 0 aliphatic carbocycles. The van der Waals surface area contributed by atoms with Crippen LogP contribution >= 0.6 is 12.2 Å². The summed E-state index contributed by atoms with van der Waals surface area (Å²) in [6.45, 7) is 10.1. The lowest BCUT2D eigenvalue weighted by Crippen LogP contribution is -2.54. The van der Waals surface area contributed by atoms with Gasteiger partial charge in [-0.3, -0.25) is 19.8 Å². The zero-order valence-electron chi connectivity index (χ0n) is 16.2. The van der Waals surface area contributed by atoms with Crippen LogP contribution in [0.5, 0.6) is 0 Å². The van der Waals surface area contributed by atoms with Crippen molar-refractivity contribution in [2.75, 3.05) is 4.90 Å². The zero-order valence-corrected chi connectivity index (χ0v) is 17.0. The smallest absolute Gasteiger partial charge is 0.270 e. The minimum Gasteiger partial charge on any atom is -0.349 e. The number of aryl methyl sites for hydroxylation is 2. The number of amides is 2. The number of thiocarbonyl (C=S) groups is 1. The Morgan fingerprint density at radius 1 is 1.15 bits per heavy atom. The van der Waals surface area contributed by atoms with Crippen molar-refractivity contribution in [2.45, 2.75) is 40.7 Å². The molecule has 2 heterocycles. The highest BCUT2D eigenvalue weighted by Crippen LogP contribution is 2.27. The average molecular weight is 382 g/mol. The predicted molar refractivity (Wildman–Crippen MR) is 112 cm³/mol. The van der Waals surface area contributed by atoms with Gasteiger partial charge in [0.05, 0.1) is 5.69 Å². The SMILES string of the molecule is Cc1cccc(N2C(=O)/C(=C\c3cc(C)n(C(C)C)c3)C(=O)NC2=S)c1C. The molecule has 1 aliphatic heterocycles. The maximum atomic E-state index is 13.1. The van der Waals surface area contributed by atoms with Crippen LogP contribution in [0.15, 0.2) is 36.0 Å². The number of anilines is 1. The lowest BCUT2D eigenvalue weighted by Gasteiger charge is -2.30. The Labute approximate surface area is 164 Å². The summed E-state index contributed by atoms with van der Waals surface area (Å²) in [4.78, 5) is 27.0. The van der Waals surface area contributed by atoms with Gasteiger partial charge in [-0.1, -0.05) is 12.1 Å². The molecule has 0 atom stereocenters. The molecule has 3 rings (SSSR count). The fraction of sp³-hybridized carbons (Fsp3) is 0.286. The number of hydrogen-bond donors (Lipinski definition) is 1. The van der Waals surface area contributed by atoms with Crippen molar-refractivity contribution < 1.29 is 9.59 Å². The maximum Gasteiger partial charge on any atom is 0.270 e. The predicted octanol–water partition coefficient (Wildman–Crippen LogP) is 3.83. The summed E-state index contributed by atoms with van der Waals surface area (Å²) in [5, 5.41) is 2.75. The van der Waals surface area contributed by atoms with Crippen molar-refractivity contribution >= 4 is 40.9 Å². The summed E-state index contributed by atoms with van der Waals surface area (Å²) in [7, 11) is 0. The summed E-state index contributed by atoms with van der Waals surface area (Å²) < 4.78 is 2.10. The van der Waals surface area contributed by atoms with E-state index in [1.807, 2.05) is 51.2 Å². The number of benzene rings is 1. The van der Waals surface area contributed by atoms with E-state index in [9.17, 15) is 9.59 Å². The van der Waals surface area contributed by atoms with Gasteiger partial charge in [-0.2, -0.15) is 0 Å². The fourth-order valence-electron chi connectivity index (χ4n) is 3.27. The van der Waals surface area contributed by atoms with Crippen molar-refractivity contribution in [3.8, 4) is 0 Å². The first kappa shape index (κ1) is 19.0. The molecule has 0 spiro atoms. The number of carbonyl (C=O) groups is 2. The fourth-order valence-corrected chi connectivity index (χ4v) is 3.55. The van der Waals surface area contributed by atoms with E-state index in [1.165, 1.54) is 4.90 Å². The van der Waals surface area contributed by atoms with Crippen LogP contribution in [0.3, 0.4) is 0 Å². The third kappa shape index (κ3) is 3.45. The quantitative estimate of drug-likeness (QED) is 0.499. The molecule has 1 aromatic carbocycles. The standard InChI is InChI=1S/C21H23N3O2S/c1-12(2)23-11-16(9-14(23)4)10-17-19(25)22-21(27)24(20(17)26)18-8-6-7-13(3)15(18)5/h6-12H,1-5H3,(H,22,25,27)/b17-10-. The van der Waals surface area contributed by atoms with E-state index in [0.717, 1.165) is 22.4 Å². The number of rotatable bonds is 3. The summed E-state index contributed by atoms with van der Waals surface area (Å²) in [5.41, 5.74) is 4.65. The van der Waals surface area contributed by atoms with E-state index in [0.29, 0.717) is 11.7 Å². The molecule has 2 amide bonds. The molecule has 1 aromatic heterocycles. The van der Waals surface area contributed by atoms with E-state index in [2.05, 4.69) is 23.7 Å². The number of aromatic nitrogens is 1.